The molecule has 0 spiro atoms. The number of nitrogens with one attached hydrogen (secondary N) is 1. The van der Waals surface area contributed by atoms with Crippen molar-refractivity contribution in [1.82, 2.24) is 10.2 Å². The minimum atomic E-state index is -2.50. The molecule has 2 saturated heterocycles. The molecule has 2 aliphatic heterocycles. The van der Waals surface area contributed by atoms with Gasteiger partial charge in [0.1, 0.15) is 36.0 Å². The van der Waals surface area contributed by atoms with Crippen LogP contribution in [0.25, 0.3) is 0 Å². The van der Waals surface area contributed by atoms with E-state index < -0.39 is 142 Å². The zero-order chi connectivity index (χ0) is 61.3. The van der Waals surface area contributed by atoms with Gasteiger partial charge in [-0.15, -0.1) is 0 Å². The molecule has 3 aromatic rings. The quantitative estimate of drug-likeness (QED) is 0.0297. The van der Waals surface area contributed by atoms with Crippen molar-refractivity contribution in [3.8, 4) is 0 Å². The number of fused-ring (bicyclic) bond motifs is 5. The largest absolute Gasteiger partial charge is 0.480 e. The van der Waals surface area contributed by atoms with Crippen molar-refractivity contribution < 1.29 is 86.9 Å². The smallest absolute Gasteiger partial charge is 0.350 e. The van der Waals surface area contributed by atoms with Crippen molar-refractivity contribution in [2.75, 3.05) is 24.7 Å². The molecule has 2 saturated carbocycles. The maximum Gasteiger partial charge on any atom is 0.350 e. The molecule has 84 heavy (non-hydrogen) atoms. The molecule has 8 rings (SSSR count). The number of benzene rings is 3. The Morgan fingerprint density at radius 3 is 2.06 bits per heavy atom. The lowest BCUT2D eigenvalue weighted by atomic mass is 9.44. The zero-order valence-corrected chi connectivity index (χ0v) is 50.2. The van der Waals surface area contributed by atoms with E-state index in [0.717, 1.165) is 13.8 Å². The molecule has 22 heteroatoms. The Hall–Kier alpha value is -6.59. The first-order chi connectivity index (χ1) is 39.6. The first-order valence-corrected chi connectivity index (χ1v) is 30.6. The molecule has 0 radical (unpaired) electrons. The molecular weight excluding hydrogens is 1120 g/mol. The van der Waals surface area contributed by atoms with E-state index in [0.29, 0.717) is 36.5 Å². The van der Waals surface area contributed by atoms with Gasteiger partial charge < -0.3 is 54.0 Å². The van der Waals surface area contributed by atoms with Crippen molar-refractivity contribution in [2.45, 2.75) is 154 Å². The third kappa shape index (κ3) is 12.1. The van der Waals surface area contributed by atoms with E-state index in [1.54, 1.807) is 113 Å². The summed E-state index contributed by atoms with van der Waals surface area (Å²) in [5.41, 5.74) is -8.96. The van der Waals surface area contributed by atoms with Gasteiger partial charge >= 0.3 is 35.8 Å². The molecule has 5 aliphatic rings. The molecular formula is C62H74N2O18S2. The third-order valence-corrected chi connectivity index (χ3v) is 20.3. The molecule has 13 atom stereocenters. The number of carbonyl (C=O) groups is 9. The summed E-state index contributed by atoms with van der Waals surface area (Å²) < 4.78 is 37.5. The average molecular weight is 1200 g/mol. The van der Waals surface area contributed by atoms with E-state index in [-0.39, 0.29) is 47.6 Å². The summed E-state index contributed by atoms with van der Waals surface area (Å²) in [6.07, 6.45) is -9.84. The Labute approximate surface area is 495 Å². The summed E-state index contributed by atoms with van der Waals surface area (Å²) in [6.45, 7) is 13.2. The van der Waals surface area contributed by atoms with Gasteiger partial charge in [-0.3, -0.25) is 28.8 Å². The number of carbonyl (C=O) groups excluding carboxylic acids is 8. The Morgan fingerprint density at radius 1 is 0.857 bits per heavy atom. The van der Waals surface area contributed by atoms with Crippen molar-refractivity contribution >= 4 is 75.0 Å². The highest BCUT2D eigenvalue weighted by Crippen LogP contribution is 2.64. The number of ether oxygens (including phenoxy) is 6. The summed E-state index contributed by atoms with van der Waals surface area (Å²) in [7, 11) is 2.78. The lowest BCUT2D eigenvalue weighted by Crippen LogP contribution is -2.82. The molecule has 452 valence electrons. The second kappa shape index (κ2) is 25.2. The number of aliphatic hydroxyl groups excluding tert-OH is 1. The van der Waals surface area contributed by atoms with Crippen LogP contribution in [0.1, 0.15) is 127 Å². The van der Waals surface area contributed by atoms with Crippen LogP contribution in [0.2, 0.25) is 0 Å². The second-order valence-electron chi connectivity index (χ2n) is 23.9. The molecule has 2 heterocycles. The Kier molecular flexibility index (Phi) is 19.0. The highest BCUT2D eigenvalue weighted by atomic mass is 33.1. The van der Waals surface area contributed by atoms with Gasteiger partial charge in [0.25, 0.3) is 5.91 Å². The average Bonchev–Trinajstić information content (AvgIpc) is 0.719. The summed E-state index contributed by atoms with van der Waals surface area (Å²) >= 11 is 0. The minimum Gasteiger partial charge on any atom is -0.480 e. The van der Waals surface area contributed by atoms with E-state index in [4.69, 9.17) is 28.4 Å². The highest BCUT2D eigenvalue weighted by molar-refractivity contribution is 8.76. The number of rotatable bonds is 20. The van der Waals surface area contributed by atoms with Gasteiger partial charge in [0.15, 0.2) is 17.5 Å². The number of likely N-dealkylation sites (tertiary alicyclic amines) is 1. The van der Waals surface area contributed by atoms with Crippen LogP contribution >= 0.6 is 21.6 Å². The molecule has 2 amide bonds. The number of esters is 5. The number of aliphatic carboxylic acids is 1. The Balaban J connectivity index is 1.19. The van der Waals surface area contributed by atoms with Gasteiger partial charge in [-0.25, -0.2) is 14.4 Å². The Bertz CT molecular complexity index is 3050. The second-order valence-corrected chi connectivity index (χ2v) is 26.5. The zero-order valence-electron chi connectivity index (χ0n) is 48.5. The molecule has 2 bridgehead atoms. The molecule has 3 aromatic carbocycles. The van der Waals surface area contributed by atoms with Gasteiger partial charge in [0.05, 0.1) is 35.0 Å². The normalized spacial score (nSPS) is 28.9. The molecule has 4 fully saturated rings. The van der Waals surface area contributed by atoms with Crippen molar-refractivity contribution in [1.29, 1.82) is 0 Å². The molecule has 20 nitrogen and oxygen atoms in total. The van der Waals surface area contributed by atoms with Crippen LogP contribution in [0.5, 0.6) is 0 Å². The SMILES string of the molecule is CC(=O)O[C@H]1C(=O)[C@@]2(C)[C@H]([C@H](OC(=O)c3ccccc3)[C@]3(O)C[C@H](OC(=O)[C@H](OC(=O)C(C)(C)CCSSC[C@H](C)C(=O)N4CCC[C@@H]4C(=O)O)[C@@H](NC(=O)c4ccccc4)c4ccccc4)C(C)=C1C3(C)C)[C@]1(OC(C)=O)CO[C@@H]1C[C@@H]2O. The van der Waals surface area contributed by atoms with Crippen molar-refractivity contribution in [3.05, 3.63) is 119 Å². The number of nitrogens with zero attached hydrogens (tertiary/aromatic N) is 1. The maximum atomic E-state index is 15.9. The standard InChI is InChI=1S/C62H74N2O18S2/c1-34(53(70)64-28-19-26-41(64)54(71)72)32-84-83-29-27-58(5,6)57(75)80-48(46(38-20-13-10-14-21-38)63-52(69)39-22-15-11-16-23-39)56(74)79-42-31-62(76)51(81-55(73)40-24-17-12-18-25-40)49-60(9,43(67)30-44-61(49,33-77-44)82-37(4)66)50(68)47(78-36(3)65)45(35(42)2)59(62,7)8/h10-18,20-25,34,41-44,46-49,51,67,76H,19,26-33H2,1-9H3,(H,63,69)(H,71,72)/t34-,41+,42-,43-,44+,46-,47+,48+,49-,51-,60+,61-,62+/m0/s1. The van der Waals surface area contributed by atoms with E-state index in [9.17, 15) is 48.9 Å². The fourth-order valence-electron chi connectivity index (χ4n) is 12.8. The lowest BCUT2D eigenvalue weighted by Gasteiger charge is -2.67. The van der Waals surface area contributed by atoms with Crippen molar-refractivity contribution in [2.24, 2.45) is 28.1 Å². The van der Waals surface area contributed by atoms with Gasteiger partial charge in [-0.1, -0.05) is 109 Å². The van der Waals surface area contributed by atoms with Crippen molar-refractivity contribution in [3.63, 3.8) is 0 Å². The van der Waals surface area contributed by atoms with E-state index >= 15 is 9.59 Å². The monoisotopic (exact) mass is 1200 g/mol. The molecule has 0 aromatic heterocycles. The number of hydrogen-bond acceptors (Lipinski definition) is 19. The fourth-order valence-corrected chi connectivity index (χ4v) is 15.5. The molecule has 0 unspecified atom stereocenters. The topological polar surface area (TPSA) is 285 Å². The summed E-state index contributed by atoms with van der Waals surface area (Å²) in [5.74, 6) is -9.07. The number of aliphatic hydroxyl groups is 2. The predicted molar refractivity (Wildman–Crippen MR) is 306 cm³/mol. The van der Waals surface area contributed by atoms with Crippen LogP contribution in [-0.2, 0) is 62.0 Å². The predicted octanol–water partition coefficient (Wildman–Crippen LogP) is 6.80. The number of Topliss-reactive ketones (excluding diaryl/α,β-unsaturated/α-hetero) is 1. The number of hydrogen-bond donors (Lipinski definition) is 4. The lowest BCUT2D eigenvalue weighted by molar-refractivity contribution is -0.346. The van der Waals surface area contributed by atoms with Crippen LogP contribution in [0.4, 0.5) is 0 Å². The van der Waals surface area contributed by atoms with Gasteiger partial charge in [-0.2, -0.15) is 0 Å². The first-order valence-electron chi connectivity index (χ1n) is 28.1. The number of carboxylic acid groups (broad SMARTS) is 1. The minimum absolute atomic E-state index is 0.0301. The van der Waals surface area contributed by atoms with Crippen LogP contribution < -0.4 is 5.32 Å². The van der Waals surface area contributed by atoms with Crippen LogP contribution in [-0.4, -0.2) is 152 Å². The number of carboxylic acids is 1. The van der Waals surface area contributed by atoms with Crippen LogP contribution in [0.15, 0.2) is 102 Å². The molecule has 3 aliphatic carbocycles. The third-order valence-electron chi connectivity index (χ3n) is 17.7. The van der Waals surface area contributed by atoms with Gasteiger partial charge in [-0.05, 0) is 87.9 Å². The number of amides is 2. The van der Waals surface area contributed by atoms with Gasteiger partial charge in [0, 0.05) is 61.6 Å². The maximum absolute atomic E-state index is 15.9. The first kappa shape index (κ1) is 63.4. The van der Waals surface area contributed by atoms with E-state index in [1.165, 1.54) is 52.5 Å². The van der Waals surface area contributed by atoms with Crippen LogP contribution in [0, 0.1) is 28.1 Å². The van der Waals surface area contributed by atoms with Crippen LogP contribution in [0.3, 0.4) is 0 Å². The summed E-state index contributed by atoms with van der Waals surface area (Å²) in [4.78, 5) is 128. The summed E-state index contributed by atoms with van der Waals surface area (Å²) in [6, 6.07) is 21.8. The van der Waals surface area contributed by atoms with E-state index in [1.807, 2.05) is 0 Å². The molecule has 4 N–H and O–H groups in total. The number of ketones is 1. The Morgan fingerprint density at radius 2 is 1.48 bits per heavy atom. The summed E-state index contributed by atoms with van der Waals surface area (Å²) in [5, 5.41) is 39.0. The fraction of sp³-hybridized carbons (Fsp3) is 0.532. The van der Waals surface area contributed by atoms with E-state index in [2.05, 4.69) is 5.32 Å². The van der Waals surface area contributed by atoms with Gasteiger partial charge in [0.2, 0.25) is 12.0 Å². The highest BCUT2D eigenvalue weighted by Gasteiger charge is 2.78.